The van der Waals surface area contributed by atoms with Crippen LogP contribution < -0.4 is 9.47 Å². The van der Waals surface area contributed by atoms with E-state index in [1.807, 2.05) is 13.8 Å². The van der Waals surface area contributed by atoms with Crippen LogP contribution in [0.15, 0.2) is 66.7 Å². The Labute approximate surface area is 156 Å². The molecule has 0 bridgehead atoms. The number of aryl methyl sites for hydroxylation is 2. The highest BCUT2D eigenvalue weighted by molar-refractivity contribution is 5.92. The summed E-state index contributed by atoms with van der Waals surface area (Å²) in [6.45, 7) is 3.81. The monoisotopic (exact) mass is 364 g/mol. The van der Waals surface area contributed by atoms with Crippen molar-refractivity contribution in [2.45, 2.75) is 13.8 Å². The largest absolute Gasteiger partial charge is 0.423 e. The van der Waals surface area contributed by atoms with Crippen molar-refractivity contribution >= 4 is 11.9 Å². The molecule has 0 amide bonds. The summed E-state index contributed by atoms with van der Waals surface area (Å²) in [5, 5.41) is 0. The highest BCUT2D eigenvalue weighted by Gasteiger charge is 2.16. The van der Waals surface area contributed by atoms with E-state index in [-0.39, 0.29) is 11.3 Å². The van der Waals surface area contributed by atoms with E-state index in [9.17, 15) is 14.0 Å². The van der Waals surface area contributed by atoms with Gasteiger partial charge in [-0.05, 0) is 50.2 Å². The fourth-order valence-corrected chi connectivity index (χ4v) is 2.35. The maximum atomic E-state index is 14.3. The number of halogens is 1. The highest BCUT2D eigenvalue weighted by atomic mass is 19.1. The van der Waals surface area contributed by atoms with Crippen LogP contribution in [0.2, 0.25) is 0 Å². The minimum Gasteiger partial charge on any atom is -0.423 e. The third-order valence-electron chi connectivity index (χ3n) is 3.89. The van der Waals surface area contributed by atoms with Gasteiger partial charge in [-0.3, -0.25) is 0 Å². The fourth-order valence-electron chi connectivity index (χ4n) is 2.35. The fraction of sp³-hybridized carbons (Fsp3) is 0.0909. The molecular formula is C22H17FO4. The van der Waals surface area contributed by atoms with Gasteiger partial charge < -0.3 is 9.47 Å². The van der Waals surface area contributed by atoms with Gasteiger partial charge in [-0.25, -0.2) is 14.0 Å². The quantitative estimate of drug-likeness (QED) is 0.489. The lowest BCUT2D eigenvalue weighted by molar-refractivity contribution is 0.0728. The van der Waals surface area contributed by atoms with Crippen LogP contribution in [0.25, 0.3) is 0 Å². The molecule has 0 N–H and O–H groups in total. The number of hydrogen-bond donors (Lipinski definition) is 0. The average Bonchev–Trinajstić information content (AvgIpc) is 2.64. The topological polar surface area (TPSA) is 52.6 Å². The van der Waals surface area contributed by atoms with Crippen molar-refractivity contribution in [2.75, 3.05) is 0 Å². The smallest absolute Gasteiger partial charge is 0.346 e. The number of esters is 2. The summed E-state index contributed by atoms with van der Waals surface area (Å²) in [7, 11) is 0. The Balaban J connectivity index is 1.71. The summed E-state index contributed by atoms with van der Waals surface area (Å²) in [6, 6.07) is 17.2. The molecule has 0 aromatic heterocycles. The van der Waals surface area contributed by atoms with Crippen molar-refractivity contribution < 1.29 is 23.5 Å². The molecule has 0 aliphatic carbocycles. The lowest BCUT2D eigenvalue weighted by atomic mass is 10.1. The number of carbonyl (C=O) groups excluding carboxylic acids is 2. The number of ether oxygens (including phenoxy) is 2. The maximum absolute atomic E-state index is 14.3. The van der Waals surface area contributed by atoms with Crippen molar-refractivity contribution in [3.63, 3.8) is 0 Å². The molecule has 0 aliphatic heterocycles. The van der Waals surface area contributed by atoms with Crippen molar-refractivity contribution in [1.29, 1.82) is 0 Å². The SMILES string of the molecule is Cc1ccc(OC(=O)c2ccc(OC(=O)c3ccc(C)cc3)cc2F)cc1. The molecule has 0 heterocycles. The third-order valence-corrected chi connectivity index (χ3v) is 3.89. The third kappa shape index (κ3) is 4.58. The van der Waals surface area contributed by atoms with E-state index < -0.39 is 17.8 Å². The second kappa shape index (κ2) is 7.83. The van der Waals surface area contributed by atoms with E-state index in [0.717, 1.165) is 17.2 Å². The first kappa shape index (κ1) is 18.3. The second-order valence-electron chi connectivity index (χ2n) is 6.10. The lowest BCUT2D eigenvalue weighted by Crippen LogP contribution is -2.12. The molecule has 0 aliphatic rings. The maximum Gasteiger partial charge on any atom is 0.346 e. The number of benzene rings is 3. The molecule has 3 rings (SSSR count). The van der Waals surface area contributed by atoms with Crippen molar-refractivity contribution in [1.82, 2.24) is 0 Å². The van der Waals surface area contributed by atoms with Crippen LogP contribution in [-0.4, -0.2) is 11.9 Å². The van der Waals surface area contributed by atoms with Crippen LogP contribution >= 0.6 is 0 Å². The van der Waals surface area contributed by atoms with Crippen LogP contribution in [0.4, 0.5) is 4.39 Å². The normalized spacial score (nSPS) is 10.3. The van der Waals surface area contributed by atoms with E-state index >= 15 is 0 Å². The average molecular weight is 364 g/mol. The molecule has 5 heteroatoms. The molecule has 0 radical (unpaired) electrons. The van der Waals surface area contributed by atoms with Crippen molar-refractivity contribution in [3.8, 4) is 11.5 Å². The van der Waals surface area contributed by atoms with Gasteiger partial charge in [-0.1, -0.05) is 35.4 Å². The van der Waals surface area contributed by atoms with Gasteiger partial charge in [0.15, 0.2) is 0 Å². The molecule has 3 aromatic carbocycles. The summed E-state index contributed by atoms with van der Waals surface area (Å²) >= 11 is 0. The van der Waals surface area contributed by atoms with Crippen molar-refractivity contribution in [2.24, 2.45) is 0 Å². The summed E-state index contributed by atoms with van der Waals surface area (Å²) in [5.41, 5.74) is 2.13. The molecule has 0 spiro atoms. The summed E-state index contributed by atoms with van der Waals surface area (Å²) in [6.07, 6.45) is 0. The zero-order chi connectivity index (χ0) is 19.4. The standard InChI is InChI=1S/C22H17FO4/c1-14-3-7-16(8-4-14)21(24)27-18-11-12-19(20(23)13-18)22(25)26-17-9-5-15(2)6-10-17/h3-13H,1-2H3. The summed E-state index contributed by atoms with van der Waals surface area (Å²) in [5.74, 6) is -1.94. The van der Waals surface area contributed by atoms with E-state index in [0.29, 0.717) is 11.3 Å². The Morgan fingerprint density at radius 1 is 0.704 bits per heavy atom. The molecule has 27 heavy (non-hydrogen) atoms. The Hall–Kier alpha value is -3.47. The minimum atomic E-state index is -0.832. The first-order valence-electron chi connectivity index (χ1n) is 8.29. The summed E-state index contributed by atoms with van der Waals surface area (Å²) < 4.78 is 24.6. The number of carbonyl (C=O) groups is 2. The van der Waals surface area contributed by atoms with E-state index in [1.165, 1.54) is 12.1 Å². The zero-order valence-electron chi connectivity index (χ0n) is 14.9. The predicted octanol–water partition coefficient (Wildman–Crippen LogP) is 4.88. The van der Waals surface area contributed by atoms with Gasteiger partial charge in [0.2, 0.25) is 0 Å². The predicted molar refractivity (Wildman–Crippen MR) is 98.7 cm³/mol. The minimum absolute atomic E-state index is 0.00459. The van der Waals surface area contributed by atoms with E-state index in [2.05, 4.69) is 0 Å². The lowest BCUT2D eigenvalue weighted by Gasteiger charge is -2.08. The number of hydrogen-bond acceptors (Lipinski definition) is 4. The van der Waals surface area contributed by atoms with Crippen LogP contribution in [0.1, 0.15) is 31.8 Å². The van der Waals surface area contributed by atoms with Gasteiger partial charge in [-0.15, -0.1) is 0 Å². The van der Waals surface area contributed by atoms with Gasteiger partial charge in [0.05, 0.1) is 11.1 Å². The van der Waals surface area contributed by atoms with Crippen LogP contribution in [0.3, 0.4) is 0 Å². The van der Waals surface area contributed by atoms with Gasteiger partial charge in [0.1, 0.15) is 17.3 Å². The van der Waals surface area contributed by atoms with E-state index in [4.69, 9.17) is 9.47 Å². The highest BCUT2D eigenvalue weighted by Crippen LogP contribution is 2.20. The molecule has 4 nitrogen and oxygen atoms in total. The molecule has 0 unspecified atom stereocenters. The van der Waals surface area contributed by atoms with Gasteiger partial charge in [0.25, 0.3) is 0 Å². The Morgan fingerprint density at radius 2 is 1.22 bits per heavy atom. The van der Waals surface area contributed by atoms with Crippen LogP contribution in [-0.2, 0) is 0 Å². The Kier molecular flexibility index (Phi) is 5.31. The molecule has 136 valence electrons. The molecule has 0 atom stereocenters. The van der Waals surface area contributed by atoms with Gasteiger partial charge in [-0.2, -0.15) is 0 Å². The van der Waals surface area contributed by atoms with E-state index in [1.54, 1.807) is 48.5 Å². The molecule has 0 fully saturated rings. The molecule has 0 saturated heterocycles. The second-order valence-corrected chi connectivity index (χ2v) is 6.10. The Morgan fingerprint density at radius 3 is 1.81 bits per heavy atom. The summed E-state index contributed by atoms with van der Waals surface area (Å²) in [4.78, 5) is 24.2. The first-order valence-corrected chi connectivity index (χ1v) is 8.29. The Bertz CT molecular complexity index is 976. The molecular weight excluding hydrogens is 347 g/mol. The van der Waals surface area contributed by atoms with Crippen LogP contribution in [0, 0.1) is 19.7 Å². The molecule has 0 saturated carbocycles. The molecule has 3 aromatic rings. The zero-order valence-corrected chi connectivity index (χ0v) is 14.9. The van der Waals surface area contributed by atoms with Gasteiger partial charge >= 0.3 is 11.9 Å². The first-order chi connectivity index (χ1) is 12.9. The van der Waals surface area contributed by atoms with Gasteiger partial charge in [0, 0.05) is 6.07 Å². The van der Waals surface area contributed by atoms with Crippen molar-refractivity contribution in [3.05, 3.63) is 94.8 Å². The van der Waals surface area contributed by atoms with Crippen LogP contribution in [0.5, 0.6) is 11.5 Å². The number of rotatable bonds is 4.